The number of rotatable bonds is 7. The van der Waals surface area contributed by atoms with Crippen molar-refractivity contribution < 1.29 is 17.5 Å². The number of ether oxygens (including phenoxy) is 1. The number of aromatic nitrogens is 3. The molecule has 2 aromatic heterocycles. The summed E-state index contributed by atoms with van der Waals surface area (Å²) in [6, 6.07) is 7.64. The highest BCUT2D eigenvalue weighted by Crippen LogP contribution is 2.27. The lowest BCUT2D eigenvalue weighted by Crippen LogP contribution is -2.50. The summed E-state index contributed by atoms with van der Waals surface area (Å²) in [4.78, 5) is 15.1. The standard InChI is InChI=1S/C22H23FN4O3S/c1-3-15-9-25-22(26-10-15)27-12-16(13-27)14-30-21-7-4-17(8-19(21)23)20-6-5-18(11-24-20)31(2,28)29/h4-11,16H,3,12-14H2,1-2H3. The second kappa shape index (κ2) is 8.58. The van der Waals surface area contributed by atoms with Crippen LogP contribution in [0.15, 0.2) is 53.8 Å². The van der Waals surface area contributed by atoms with Crippen molar-refractivity contribution in [2.75, 3.05) is 30.9 Å². The summed E-state index contributed by atoms with van der Waals surface area (Å²) >= 11 is 0. The molecule has 0 bridgehead atoms. The molecule has 3 aromatic rings. The van der Waals surface area contributed by atoms with E-state index in [-0.39, 0.29) is 16.6 Å². The van der Waals surface area contributed by atoms with Gasteiger partial charge in [-0.15, -0.1) is 0 Å². The highest BCUT2D eigenvalue weighted by molar-refractivity contribution is 7.90. The maximum atomic E-state index is 14.5. The van der Waals surface area contributed by atoms with Gasteiger partial charge in [-0.1, -0.05) is 6.92 Å². The Hall–Kier alpha value is -3.07. The minimum atomic E-state index is -3.32. The Morgan fingerprint density at radius 3 is 2.42 bits per heavy atom. The first-order chi connectivity index (χ1) is 14.8. The lowest BCUT2D eigenvalue weighted by atomic mass is 10.0. The van der Waals surface area contributed by atoms with E-state index in [0.29, 0.717) is 23.8 Å². The quantitative estimate of drug-likeness (QED) is 0.556. The van der Waals surface area contributed by atoms with Crippen molar-refractivity contribution in [1.82, 2.24) is 15.0 Å². The zero-order valence-electron chi connectivity index (χ0n) is 17.3. The number of sulfone groups is 1. The molecule has 1 aromatic carbocycles. The minimum absolute atomic E-state index is 0.123. The Bertz CT molecular complexity index is 1160. The first kappa shape index (κ1) is 21.2. The number of pyridine rings is 1. The molecule has 7 nitrogen and oxygen atoms in total. The third-order valence-corrected chi connectivity index (χ3v) is 6.30. The fourth-order valence-electron chi connectivity index (χ4n) is 3.29. The molecule has 0 unspecified atom stereocenters. The summed E-state index contributed by atoms with van der Waals surface area (Å²) < 4.78 is 43.3. The number of nitrogens with zero attached hydrogens (tertiary/aromatic N) is 4. The topological polar surface area (TPSA) is 85.3 Å². The van der Waals surface area contributed by atoms with E-state index < -0.39 is 15.7 Å². The summed E-state index contributed by atoms with van der Waals surface area (Å²) in [7, 11) is -3.32. The molecule has 1 fully saturated rings. The van der Waals surface area contributed by atoms with Gasteiger partial charge in [0.15, 0.2) is 21.4 Å². The van der Waals surface area contributed by atoms with Gasteiger partial charge in [-0.05, 0) is 42.3 Å². The fourth-order valence-corrected chi connectivity index (χ4v) is 3.85. The molecule has 0 saturated carbocycles. The van der Waals surface area contributed by atoms with Crippen molar-refractivity contribution in [3.63, 3.8) is 0 Å². The van der Waals surface area contributed by atoms with Crippen molar-refractivity contribution in [3.05, 3.63) is 60.3 Å². The average Bonchev–Trinajstić information content (AvgIpc) is 2.73. The SMILES string of the molecule is CCc1cnc(N2CC(COc3ccc(-c4ccc(S(C)(=O)=O)cn4)cc3F)C2)nc1. The Morgan fingerprint density at radius 1 is 1.10 bits per heavy atom. The van der Waals surface area contributed by atoms with Crippen molar-refractivity contribution in [2.24, 2.45) is 5.92 Å². The summed E-state index contributed by atoms with van der Waals surface area (Å²) in [5, 5.41) is 0. The van der Waals surface area contributed by atoms with Crippen LogP contribution >= 0.6 is 0 Å². The monoisotopic (exact) mass is 442 g/mol. The second-order valence-electron chi connectivity index (χ2n) is 7.62. The molecule has 0 radical (unpaired) electrons. The summed E-state index contributed by atoms with van der Waals surface area (Å²) in [5.74, 6) is 0.678. The number of aryl methyl sites for hydroxylation is 1. The minimum Gasteiger partial charge on any atom is -0.490 e. The van der Waals surface area contributed by atoms with E-state index in [4.69, 9.17) is 4.74 Å². The molecule has 1 aliphatic rings. The van der Waals surface area contributed by atoms with E-state index in [1.807, 2.05) is 12.4 Å². The molecule has 9 heteroatoms. The van der Waals surface area contributed by atoms with Crippen LogP contribution in [-0.2, 0) is 16.3 Å². The third-order valence-electron chi connectivity index (χ3n) is 5.21. The lowest BCUT2D eigenvalue weighted by molar-refractivity contribution is 0.212. The van der Waals surface area contributed by atoms with Crippen LogP contribution < -0.4 is 9.64 Å². The van der Waals surface area contributed by atoms with Crippen LogP contribution in [0.2, 0.25) is 0 Å². The molecule has 1 aliphatic heterocycles. The second-order valence-corrected chi connectivity index (χ2v) is 9.64. The summed E-state index contributed by atoms with van der Waals surface area (Å²) in [6.45, 7) is 4.00. The van der Waals surface area contributed by atoms with E-state index in [1.54, 1.807) is 18.2 Å². The number of hydrogen-bond donors (Lipinski definition) is 0. The van der Waals surface area contributed by atoms with E-state index in [9.17, 15) is 12.8 Å². The van der Waals surface area contributed by atoms with Crippen LogP contribution in [0.5, 0.6) is 5.75 Å². The van der Waals surface area contributed by atoms with E-state index in [2.05, 4.69) is 26.8 Å². The van der Waals surface area contributed by atoms with Crippen LogP contribution in [0.1, 0.15) is 12.5 Å². The van der Waals surface area contributed by atoms with Gasteiger partial charge < -0.3 is 9.64 Å². The van der Waals surface area contributed by atoms with Gasteiger partial charge in [0, 0.05) is 49.4 Å². The fraction of sp³-hybridized carbons (Fsp3) is 0.318. The molecule has 0 N–H and O–H groups in total. The molecule has 0 spiro atoms. The predicted molar refractivity (Wildman–Crippen MR) is 115 cm³/mol. The molecule has 162 valence electrons. The zero-order chi connectivity index (χ0) is 22.0. The highest BCUT2D eigenvalue weighted by Gasteiger charge is 2.29. The van der Waals surface area contributed by atoms with Gasteiger partial charge in [-0.25, -0.2) is 22.8 Å². The van der Waals surface area contributed by atoms with Crippen LogP contribution in [-0.4, -0.2) is 49.3 Å². The smallest absolute Gasteiger partial charge is 0.225 e. The van der Waals surface area contributed by atoms with Gasteiger partial charge in [0.05, 0.1) is 17.2 Å². The predicted octanol–water partition coefficient (Wildman–Crippen LogP) is 3.16. The number of hydrogen-bond acceptors (Lipinski definition) is 7. The molecule has 0 atom stereocenters. The molecule has 0 amide bonds. The molecular formula is C22H23FN4O3S. The molecule has 0 aliphatic carbocycles. The third kappa shape index (κ3) is 4.82. The van der Waals surface area contributed by atoms with Gasteiger partial charge in [-0.2, -0.15) is 0 Å². The van der Waals surface area contributed by atoms with Crippen molar-refractivity contribution in [1.29, 1.82) is 0 Å². The number of halogens is 1. The molecule has 31 heavy (non-hydrogen) atoms. The van der Waals surface area contributed by atoms with Crippen molar-refractivity contribution in [3.8, 4) is 17.0 Å². The van der Waals surface area contributed by atoms with E-state index in [1.165, 1.54) is 18.3 Å². The normalized spacial score (nSPS) is 14.4. The molecule has 3 heterocycles. The molecular weight excluding hydrogens is 419 g/mol. The van der Waals surface area contributed by atoms with Gasteiger partial charge in [0.2, 0.25) is 5.95 Å². The largest absolute Gasteiger partial charge is 0.490 e. The van der Waals surface area contributed by atoms with Crippen molar-refractivity contribution in [2.45, 2.75) is 18.2 Å². The first-order valence-corrected chi connectivity index (χ1v) is 11.9. The lowest BCUT2D eigenvalue weighted by Gasteiger charge is -2.38. The van der Waals surface area contributed by atoms with Crippen LogP contribution in [0.3, 0.4) is 0 Å². The van der Waals surface area contributed by atoms with Gasteiger partial charge in [0.1, 0.15) is 0 Å². The van der Waals surface area contributed by atoms with E-state index >= 15 is 0 Å². The van der Waals surface area contributed by atoms with Crippen LogP contribution in [0.25, 0.3) is 11.3 Å². The highest BCUT2D eigenvalue weighted by atomic mass is 32.2. The molecule has 4 rings (SSSR count). The van der Waals surface area contributed by atoms with Gasteiger partial charge >= 0.3 is 0 Å². The van der Waals surface area contributed by atoms with Gasteiger partial charge in [-0.3, -0.25) is 4.98 Å². The van der Waals surface area contributed by atoms with E-state index in [0.717, 1.165) is 31.3 Å². The summed E-state index contributed by atoms with van der Waals surface area (Å²) in [5.41, 5.74) is 2.14. The van der Waals surface area contributed by atoms with Crippen molar-refractivity contribution >= 4 is 15.8 Å². The maximum Gasteiger partial charge on any atom is 0.225 e. The Labute approximate surface area is 180 Å². The maximum absolute atomic E-state index is 14.5. The summed E-state index contributed by atoms with van der Waals surface area (Å²) in [6.07, 6.45) is 6.98. The zero-order valence-corrected chi connectivity index (χ0v) is 18.1. The van der Waals surface area contributed by atoms with Crippen LogP contribution in [0.4, 0.5) is 10.3 Å². The number of benzene rings is 1. The van der Waals surface area contributed by atoms with Crippen LogP contribution in [0, 0.1) is 11.7 Å². The first-order valence-electron chi connectivity index (χ1n) is 9.98. The average molecular weight is 443 g/mol. The number of anilines is 1. The Kier molecular flexibility index (Phi) is 5.86. The molecule has 1 saturated heterocycles. The Balaban J connectivity index is 1.33. The van der Waals surface area contributed by atoms with Gasteiger partial charge in [0.25, 0.3) is 0 Å². The Morgan fingerprint density at radius 2 is 1.84 bits per heavy atom.